The van der Waals surface area contributed by atoms with Crippen LogP contribution < -0.4 is 0 Å². The highest BCUT2D eigenvalue weighted by Crippen LogP contribution is 2.11. The van der Waals surface area contributed by atoms with Crippen LogP contribution in [0.2, 0.25) is 0 Å². The molecule has 1 amide bonds. The fourth-order valence-corrected chi connectivity index (χ4v) is 2.68. The lowest BCUT2D eigenvalue weighted by molar-refractivity contribution is -0.143. The lowest BCUT2D eigenvalue weighted by atomic mass is 10.1. The highest BCUT2D eigenvalue weighted by molar-refractivity contribution is 5.94. The molecular weight excluding hydrogens is 316 g/mol. The first-order valence-corrected chi connectivity index (χ1v) is 9.31. The molecule has 1 rings (SSSR count). The van der Waals surface area contributed by atoms with Crippen LogP contribution in [0.4, 0.5) is 0 Å². The smallest absolute Gasteiger partial charge is 0.307 e. The van der Waals surface area contributed by atoms with Crippen molar-refractivity contribution in [2.45, 2.75) is 47.1 Å². The number of rotatable bonds is 11. The van der Waals surface area contributed by atoms with Crippen LogP contribution in [0.3, 0.4) is 0 Å². The predicted octanol–water partition coefficient (Wildman–Crippen LogP) is 3.33. The fourth-order valence-electron chi connectivity index (χ4n) is 2.68. The second-order valence-electron chi connectivity index (χ2n) is 6.01. The van der Waals surface area contributed by atoms with Gasteiger partial charge in [-0.2, -0.15) is 0 Å². The zero-order valence-electron chi connectivity index (χ0n) is 16.1. The van der Waals surface area contributed by atoms with Gasteiger partial charge < -0.3 is 9.64 Å². The van der Waals surface area contributed by atoms with Crippen molar-refractivity contribution in [3.05, 3.63) is 35.4 Å². The molecule has 0 bridgehead atoms. The zero-order chi connectivity index (χ0) is 18.7. The van der Waals surface area contributed by atoms with Gasteiger partial charge in [-0.15, -0.1) is 0 Å². The quantitative estimate of drug-likeness (QED) is 0.576. The lowest BCUT2D eigenvalue weighted by Gasteiger charge is -2.22. The van der Waals surface area contributed by atoms with Gasteiger partial charge in [0.15, 0.2) is 0 Å². The number of carbonyl (C=O) groups excluding carboxylic acids is 2. The molecule has 0 N–H and O–H groups in total. The molecule has 0 saturated heterocycles. The third-order valence-electron chi connectivity index (χ3n) is 4.17. The molecule has 140 valence electrons. The van der Waals surface area contributed by atoms with Crippen LogP contribution in [-0.2, 0) is 16.1 Å². The van der Waals surface area contributed by atoms with Gasteiger partial charge in [0, 0.05) is 25.2 Å². The first-order chi connectivity index (χ1) is 12.0. The molecule has 5 heteroatoms. The summed E-state index contributed by atoms with van der Waals surface area (Å²) >= 11 is 0. The topological polar surface area (TPSA) is 49.9 Å². The third kappa shape index (κ3) is 7.26. The van der Waals surface area contributed by atoms with Crippen molar-refractivity contribution in [3.8, 4) is 0 Å². The van der Waals surface area contributed by atoms with Crippen LogP contribution in [0.25, 0.3) is 0 Å². The van der Waals surface area contributed by atoms with Crippen LogP contribution >= 0.6 is 0 Å². The standard InChI is InChI=1S/C20H32N2O3/c1-5-14-22(15-13-19(23)25-8-4)20(24)18-11-9-17(10-12-18)16-21(6-2)7-3/h9-12H,5-8,13-16H2,1-4H3. The molecule has 5 nitrogen and oxygen atoms in total. The van der Waals surface area contributed by atoms with E-state index in [2.05, 4.69) is 18.7 Å². The molecule has 0 unspecified atom stereocenters. The van der Waals surface area contributed by atoms with E-state index in [0.717, 1.165) is 26.1 Å². The molecule has 0 spiro atoms. The minimum absolute atomic E-state index is 0.0273. The average Bonchev–Trinajstić information content (AvgIpc) is 2.63. The molecule has 0 heterocycles. The molecule has 1 aromatic carbocycles. The monoisotopic (exact) mass is 348 g/mol. The summed E-state index contributed by atoms with van der Waals surface area (Å²) in [7, 11) is 0. The number of benzene rings is 1. The Bertz CT molecular complexity index is 524. The summed E-state index contributed by atoms with van der Waals surface area (Å²) in [5.41, 5.74) is 1.87. The molecular formula is C20H32N2O3. The highest BCUT2D eigenvalue weighted by Gasteiger charge is 2.16. The summed E-state index contributed by atoms with van der Waals surface area (Å²) in [6.07, 6.45) is 1.09. The molecule has 0 fully saturated rings. The summed E-state index contributed by atoms with van der Waals surface area (Å²) in [5, 5.41) is 0. The maximum absolute atomic E-state index is 12.7. The Hall–Kier alpha value is -1.88. The van der Waals surface area contributed by atoms with Crippen molar-refractivity contribution in [2.24, 2.45) is 0 Å². The highest BCUT2D eigenvalue weighted by atomic mass is 16.5. The summed E-state index contributed by atoms with van der Waals surface area (Å²) in [5.74, 6) is -0.286. The third-order valence-corrected chi connectivity index (χ3v) is 4.17. The van der Waals surface area contributed by atoms with Gasteiger partial charge in [0.25, 0.3) is 5.91 Å². The molecule has 0 aliphatic heterocycles. The van der Waals surface area contributed by atoms with Gasteiger partial charge in [-0.25, -0.2) is 0 Å². The van der Waals surface area contributed by atoms with Crippen LogP contribution in [0, 0.1) is 0 Å². The van der Waals surface area contributed by atoms with Crippen LogP contribution in [-0.4, -0.2) is 54.5 Å². The molecule has 1 aromatic rings. The van der Waals surface area contributed by atoms with E-state index in [1.807, 2.05) is 31.2 Å². The van der Waals surface area contributed by atoms with E-state index in [-0.39, 0.29) is 18.3 Å². The Morgan fingerprint density at radius 1 is 0.960 bits per heavy atom. The van der Waals surface area contributed by atoms with Gasteiger partial charge in [0.05, 0.1) is 13.0 Å². The van der Waals surface area contributed by atoms with Gasteiger partial charge in [0.1, 0.15) is 0 Å². The van der Waals surface area contributed by atoms with Crippen molar-refractivity contribution in [3.63, 3.8) is 0 Å². The number of carbonyl (C=O) groups is 2. The Kier molecular flexibility index (Phi) is 9.85. The van der Waals surface area contributed by atoms with E-state index >= 15 is 0 Å². The van der Waals surface area contributed by atoms with Crippen molar-refractivity contribution < 1.29 is 14.3 Å². The lowest BCUT2D eigenvalue weighted by Crippen LogP contribution is -2.34. The Labute approximate surface area is 151 Å². The Morgan fingerprint density at radius 2 is 1.60 bits per heavy atom. The summed E-state index contributed by atoms with van der Waals surface area (Å²) in [6.45, 7) is 12.4. The zero-order valence-corrected chi connectivity index (χ0v) is 16.1. The maximum Gasteiger partial charge on any atom is 0.307 e. The first kappa shape index (κ1) is 21.2. The van der Waals surface area contributed by atoms with E-state index in [1.165, 1.54) is 5.56 Å². The van der Waals surface area contributed by atoms with Crippen molar-refractivity contribution in [1.29, 1.82) is 0 Å². The van der Waals surface area contributed by atoms with Gasteiger partial charge in [-0.3, -0.25) is 14.5 Å². The molecule has 25 heavy (non-hydrogen) atoms. The van der Waals surface area contributed by atoms with E-state index in [9.17, 15) is 9.59 Å². The number of nitrogens with zero attached hydrogens (tertiary/aromatic N) is 2. The van der Waals surface area contributed by atoms with Crippen molar-refractivity contribution >= 4 is 11.9 Å². The van der Waals surface area contributed by atoms with Crippen molar-refractivity contribution in [2.75, 3.05) is 32.8 Å². The average molecular weight is 348 g/mol. The summed E-state index contributed by atoms with van der Waals surface area (Å²) in [4.78, 5) is 28.3. The van der Waals surface area contributed by atoms with Gasteiger partial charge >= 0.3 is 5.97 Å². The van der Waals surface area contributed by atoms with Crippen LogP contribution in [0.1, 0.15) is 56.5 Å². The SMILES string of the molecule is CCCN(CCC(=O)OCC)C(=O)c1ccc(CN(CC)CC)cc1. The van der Waals surface area contributed by atoms with Crippen LogP contribution in [0.5, 0.6) is 0 Å². The van der Waals surface area contributed by atoms with E-state index < -0.39 is 0 Å². The normalized spacial score (nSPS) is 10.8. The number of amides is 1. The molecule has 0 saturated carbocycles. The van der Waals surface area contributed by atoms with E-state index in [0.29, 0.717) is 25.3 Å². The minimum Gasteiger partial charge on any atom is -0.466 e. The van der Waals surface area contributed by atoms with E-state index in [1.54, 1.807) is 11.8 Å². The van der Waals surface area contributed by atoms with Gasteiger partial charge in [-0.1, -0.05) is 32.9 Å². The van der Waals surface area contributed by atoms with Crippen molar-refractivity contribution in [1.82, 2.24) is 9.80 Å². The molecule has 0 aromatic heterocycles. The number of esters is 1. The first-order valence-electron chi connectivity index (χ1n) is 9.31. The number of hydrogen-bond acceptors (Lipinski definition) is 4. The molecule has 0 aliphatic carbocycles. The van der Waals surface area contributed by atoms with E-state index in [4.69, 9.17) is 4.74 Å². The maximum atomic E-state index is 12.7. The number of hydrogen-bond donors (Lipinski definition) is 0. The largest absolute Gasteiger partial charge is 0.466 e. The van der Waals surface area contributed by atoms with Crippen LogP contribution in [0.15, 0.2) is 24.3 Å². The number of ether oxygens (including phenoxy) is 1. The predicted molar refractivity (Wildman–Crippen MR) is 101 cm³/mol. The Morgan fingerprint density at radius 3 is 2.12 bits per heavy atom. The molecule has 0 radical (unpaired) electrons. The fraction of sp³-hybridized carbons (Fsp3) is 0.600. The minimum atomic E-state index is -0.258. The summed E-state index contributed by atoms with van der Waals surface area (Å²) in [6, 6.07) is 7.80. The van der Waals surface area contributed by atoms with Gasteiger partial charge in [0.2, 0.25) is 0 Å². The molecule has 0 atom stereocenters. The van der Waals surface area contributed by atoms with Gasteiger partial charge in [-0.05, 0) is 44.1 Å². The molecule has 0 aliphatic rings. The second kappa shape index (κ2) is 11.6. The second-order valence-corrected chi connectivity index (χ2v) is 6.01. The summed E-state index contributed by atoms with van der Waals surface area (Å²) < 4.78 is 4.95. The Balaban J connectivity index is 2.71.